The minimum atomic E-state index is 0.180. The zero-order valence-electron chi connectivity index (χ0n) is 12.0. The molecule has 1 aromatic carbocycles. The smallest absolute Gasteiger partial charge is 0.139 e. The van der Waals surface area contributed by atoms with E-state index in [1.54, 1.807) is 6.07 Å². The molecule has 21 heavy (non-hydrogen) atoms. The van der Waals surface area contributed by atoms with Crippen molar-refractivity contribution in [2.45, 2.75) is 25.4 Å². The second-order valence-electron chi connectivity index (χ2n) is 5.84. The van der Waals surface area contributed by atoms with Gasteiger partial charge < -0.3 is 14.8 Å². The van der Waals surface area contributed by atoms with Crippen LogP contribution in [0, 0.1) is 11.8 Å². The van der Waals surface area contributed by atoms with Gasteiger partial charge in [0.1, 0.15) is 16.9 Å². The van der Waals surface area contributed by atoms with Crippen molar-refractivity contribution >= 4 is 23.2 Å². The number of hydrogen-bond acceptors (Lipinski definition) is 3. The zero-order chi connectivity index (χ0) is 14.7. The number of benzene rings is 1. The molecule has 1 N–H and O–H groups in total. The number of hydrogen-bond donors (Lipinski definition) is 1. The Balaban J connectivity index is 1.79. The van der Waals surface area contributed by atoms with Gasteiger partial charge in [0.05, 0.1) is 5.02 Å². The van der Waals surface area contributed by atoms with Gasteiger partial charge in [-0.2, -0.15) is 0 Å². The summed E-state index contributed by atoms with van der Waals surface area (Å²) in [6.07, 6.45) is 3.44. The van der Waals surface area contributed by atoms with E-state index >= 15 is 0 Å². The molecule has 3 nitrogen and oxygen atoms in total. The lowest BCUT2D eigenvalue weighted by Gasteiger charge is -2.34. The van der Waals surface area contributed by atoms with Crippen molar-refractivity contribution in [2.75, 3.05) is 26.3 Å². The first-order valence-electron chi connectivity index (χ1n) is 7.65. The maximum absolute atomic E-state index is 6.34. The number of rotatable bonds is 4. The Kier molecular flexibility index (Phi) is 5.28. The van der Waals surface area contributed by atoms with Crippen molar-refractivity contribution < 1.29 is 9.47 Å². The zero-order valence-corrected chi connectivity index (χ0v) is 13.5. The minimum absolute atomic E-state index is 0.180. The number of ether oxygens (including phenoxy) is 2. The Bertz CT molecular complexity index is 471. The van der Waals surface area contributed by atoms with Gasteiger partial charge in [-0.25, -0.2) is 0 Å². The summed E-state index contributed by atoms with van der Waals surface area (Å²) in [5.41, 5.74) is 0. The van der Waals surface area contributed by atoms with Crippen LogP contribution in [0.3, 0.4) is 0 Å². The lowest BCUT2D eigenvalue weighted by Crippen LogP contribution is -2.39. The van der Waals surface area contributed by atoms with Crippen LogP contribution >= 0.6 is 23.2 Å². The van der Waals surface area contributed by atoms with E-state index in [1.807, 2.05) is 12.1 Å². The van der Waals surface area contributed by atoms with Crippen molar-refractivity contribution in [1.82, 2.24) is 5.32 Å². The average Bonchev–Trinajstić information content (AvgIpc) is 3.04. The van der Waals surface area contributed by atoms with Gasteiger partial charge in [0, 0.05) is 31.6 Å². The van der Waals surface area contributed by atoms with Crippen LogP contribution in [0.15, 0.2) is 18.2 Å². The molecule has 1 unspecified atom stereocenters. The average molecular weight is 330 g/mol. The Hall–Kier alpha value is -0.480. The fraction of sp³-hybridized carbons (Fsp3) is 0.625. The summed E-state index contributed by atoms with van der Waals surface area (Å²) < 4.78 is 11.8. The van der Waals surface area contributed by atoms with Crippen molar-refractivity contribution in [3.05, 3.63) is 28.2 Å². The molecule has 0 saturated carbocycles. The van der Waals surface area contributed by atoms with Gasteiger partial charge in [-0.05, 0) is 37.9 Å². The normalized spacial score (nSPS) is 25.0. The van der Waals surface area contributed by atoms with Crippen molar-refractivity contribution in [1.29, 1.82) is 0 Å². The molecule has 0 amide bonds. The lowest BCUT2D eigenvalue weighted by atomic mass is 9.85. The molecule has 5 heteroatoms. The first-order valence-corrected chi connectivity index (χ1v) is 8.40. The minimum Gasteiger partial charge on any atom is -0.488 e. The van der Waals surface area contributed by atoms with Crippen LogP contribution in [0.5, 0.6) is 5.75 Å². The summed E-state index contributed by atoms with van der Waals surface area (Å²) in [6, 6.07) is 5.58. The van der Waals surface area contributed by atoms with Gasteiger partial charge in [-0.1, -0.05) is 29.3 Å². The summed E-state index contributed by atoms with van der Waals surface area (Å²) in [5, 5.41) is 4.50. The standard InChI is InChI=1S/C16H21Cl2NO2/c17-13-2-1-3-14(15(13)18)21-16(12-4-7-19-10-12)11-5-8-20-9-6-11/h1-3,11-12,16,19H,4-10H2/t12?,16-/m0/s1. The molecular formula is C16H21Cl2NO2. The third-order valence-corrected chi connectivity index (χ3v) is 5.27. The summed E-state index contributed by atoms with van der Waals surface area (Å²) in [5.74, 6) is 1.76. The van der Waals surface area contributed by atoms with Crippen molar-refractivity contribution in [3.8, 4) is 5.75 Å². The molecule has 0 aliphatic carbocycles. The van der Waals surface area contributed by atoms with Crippen LogP contribution in [0.25, 0.3) is 0 Å². The fourth-order valence-electron chi connectivity index (χ4n) is 3.30. The Morgan fingerprint density at radius 1 is 1.14 bits per heavy atom. The molecule has 0 aromatic heterocycles. The molecular weight excluding hydrogens is 309 g/mol. The van der Waals surface area contributed by atoms with E-state index < -0.39 is 0 Å². The van der Waals surface area contributed by atoms with Gasteiger partial charge >= 0.3 is 0 Å². The van der Waals surface area contributed by atoms with Gasteiger partial charge in [-0.15, -0.1) is 0 Å². The van der Waals surface area contributed by atoms with Crippen molar-refractivity contribution in [2.24, 2.45) is 11.8 Å². The van der Waals surface area contributed by atoms with E-state index in [-0.39, 0.29) is 6.10 Å². The predicted octanol–water partition coefficient (Wildman–Crippen LogP) is 3.78. The van der Waals surface area contributed by atoms with Gasteiger partial charge in [0.15, 0.2) is 0 Å². The highest BCUT2D eigenvalue weighted by molar-refractivity contribution is 6.42. The largest absolute Gasteiger partial charge is 0.488 e. The van der Waals surface area contributed by atoms with E-state index in [0.717, 1.165) is 45.6 Å². The maximum atomic E-state index is 6.34. The van der Waals surface area contributed by atoms with Crippen LogP contribution < -0.4 is 10.1 Å². The van der Waals surface area contributed by atoms with Crippen LogP contribution in [0.1, 0.15) is 19.3 Å². The van der Waals surface area contributed by atoms with E-state index in [2.05, 4.69) is 5.32 Å². The highest BCUT2D eigenvalue weighted by Gasteiger charge is 2.34. The first kappa shape index (κ1) is 15.4. The van der Waals surface area contributed by atoms with Crippen LogP contribution in [0.2, 0.25) is 10.0 Å². The predicted molar refractivity (Wildman–Crippen MR) is 85.4 cm³/mol. The van der Waals surface area contributed by atoms with Crippen LogP contribution in [-0.2, 0) is 4.74 Å². The third-order valence-electron chi connectivity index (χ3n) is 4.47. The molecule has 0 spiro atoms. The molecule has 3 rings (SSSR count). The third kappa shape index (κ3) is 3.65. The molecule has 116 valence electrons. The Labute approximate surface area is 135 Å². The SMILES string of the molecule is Clc1cccc(O[C@@H](C2CCOCC2)C2CCNC2)c1Cl. The van der Waals surface area contributed by atoms with Gasteiger partial charge in [0.2, 0.25) is 0 Å². The fourth-order valence-corrected chi connectivity index (χ4v) is 3.64. The van der Waals surface area contributed by atoms with E-state index in [1.165, 1.54) is 0 Å². The summed E-state index contributed by atoms with van der Waals surface area (Å²) in [6.45, 7) is 3.74. The molecule has 2 atom stereocenters. The second kappa shape index (κ2) is 7.19. The lowest BCUT2D eigenvalue weighted by molar-refractivity contribution is -0.00129. The monoisotopic (exact) mass is 329 g/mol. The maximum Gasteiger partial charge on any atom is 0.139 e. The van der Waals surface area contributed by atoms with E-state index in [4.69, 9.17) is 32.7 Å². The molecule has 2 fully saturated rings. The first-order chi connectivity index (χ1) is 10.3. The summed E-state index contributed by atoms with van der Waals surface area (Å²) in [4.78, 5) is 0. The number of halogens is 2. The molecule has 0 radical (unpaired) electrons. The Morgan fingerprint density at radius 3 is 2.67 bits per heavy atom. The highest BCUT2D eigenvalue weighted by atomic mass is 35.5. The molecule has 1 aromatic rings. The van der Waals surface area contributed by atoms with Crippen molar-refractivity contribution in [3.63, 3.8) is 0 Å². The second-order valence-corrected chi connectivity index (χ2v) is 6.62. The number of nitrogens with one attached hydrogen (secondary N) is 1. The van der Waals surface area contributed by atoms with Gasteiger partial charge in [0.25, 0.3) is 0 Å². The summed E-state index contributed by atoms with van der Waals surface area (Å²) >= 11 is 12.4. The molecule has 0 bridgehead atoms. The Morgan fingerprint density at radius 2 is 1.95 bits per heavy atom. The van der Waals surface area contributed by atoms with E-state index in [9.17, 15) is 0 Å². The molecule has 2 aliphatic rings. The van der Waals surface area contributed by atoms with Crippen LogP contribution in [0.4, 0.5) is 0 Å². The quantitative estimate of drug-likeness (QED) is 0.911. The van der Waals surface area contributed by atoms with Crippen LogP contribution in [-0.4, -0.2) is 32.4 Å². The highest BCUT2D eigenvalue weighted by Crippen LogP contribution is 2.36. The van der Waals surface area contributed by atoms with Gasteiger partial charge in [-0.3, -0.25) is 0 Å². The molecule has 2 heterocycles. The topological polar surface area (TPSA) is 30.5 Å². The molecule has 2 saturated heterocycles. The summed E-state index contributed by atoms with van der Waals surface area (Å²) in [7, 11) is 0. The molecule has 2 aliphatic heterocycles. The van der Waals surface area contributed by atoms with E-state index in [0.29, 0.717) is 27.6 Å².